The molecule has 144 valence electrons. The lowest BCUT2D eigenvalue weighted by atomic mass is 9.88. The van der Waals surface area contributed by atoms with Gasteiger partial charge in [0.05, 0.1) is 6.42 Å². The van der Waals surface area contributed by atoms with E-state index in [1.54, 1.807) is 20.8 Å². The van der Waals surface area contributed by atoms with Crippen LogP contribution in [0.15, 0.2) is 0 Å². The predicted molar refractivity (Wildman–Crippen MR) is 94.5 cm³/mol. The minimum Gasteiger partial charge on any atom is -0.481 e. The van der Waals surface area contributed by atoms with E-state index in [-0.39, 0.29) is 12.2 Å². The summed E-state index contributed by atoms with van der Waals surface area (Å²) in [5, 5.41) is 12.3. The van der Waals surface area contributed by atoms with E-state index in [1.807, 2.05) is 0 Å². The first kappa shape index (κ1) is 21.4. The van der Waals surface area contributed by atoms with Gasteiger partial charge in [-0.15, -0.1) is 0 Å². The van der Waals surface area contributed by atoms with E-state index in [2.05, 4.69) is 12.2 Å². The summed E-state index contributed by atoms with van der Waals surface area (Å²) in [6.07, 6.45) is 2.60. The lowest BCUT2D eigenvalue weighted by Gasteiger charge is -2.37. The topological polar surface area (TPSA) is 95.9 Å². The molecule has 7 heteroatoms. The average Bonchev–Trinajstić information content (AvgIpc) is 2.51. The Hall–Kier alpha value is -1.63. The second-order valence-corrected chi connectivity index (χ2v) is 7.59. The van der Waals surface area contributed by atoms with Crippen molar-refractivity contribution in [2.45, 2.75) is 71.4 Å². The number of carbonyl (C=O) groups is 3. The van der Waals surface area contributed by atoms with Crippen molar-refractivity contribution in [3.05, 3.63) is 0 Å². The molecule has 0 saturated carbocycles. The Morgan fingerprint density at radius 1 is 1.28 bits per heavy atom. The number of hydrogen-bond acceptors (Lipinski definition) is 5. The monoisotopic (exact) mass is 356 g/mol. The number of nitrogens with zero attached hydrogens (tertiary/aromatic N) is 1. The Morgan fingerprint density at radius 3 is 2.52 bits per heavy atom. The molecule has 1 aliphatic rings. The van der Waals surface area contributed by atoms with Gasteiger partial charge in [-0.25, -0.2) is 4.79 Å². The standard InChI is InChI=1S/C18H32N2O5/c1-5-6-7-8-13(11-15(21)22)16(23)14-12-19-9-10-20(14)17(24)25-18(2,3)4/h13-14,19H,5-12H2,1-4H3,(H,21,22)/t13-,14-/m0/s1. The number of amides is 1. The van der Waals surface area contributed by atoms with E-state index < -0.39 is 29.6 Å². The number of hydrogen-bond donors (Lipinski definition) is 2. The van der Waals surface area contributed by atoms with Crippen LogP contribution in [0.2, 0.25) is 0 Å². The van der Waals surface area contributed by atoms with Crippen molar-refractivity contribution in [2.24, 2.45) is 5.92 Å². The largest absolute Gasteiger partial charge is 0.481 e. The first-order chi connectivity index (χ1) is 11.7. The summed E-state index contributed by atoms with van der Waals surface area (Å²) in [6, 6.07) is -0.672. The smallest absolute Gasteiger partial charge is 0.410 e. The number of unbranched alkanes of at least 4 members (excludes halogenated alkanes) is 2. The molecule has 0 aromatic heterocycles. The van der Waals surface area contributed by atoms with Crippen molar-refractivity contribution < 1.29 is 24.2 Å². The van der Waals surface area contributed by atoms with Crippen LogP contribution in [0.5, 0.6) is 0 Å². The zero-order valence-electron chi connectivity index (χ0n) is 15.8. The van der Waals surface area contributed by atoms with E-state index in [9.17, 15) is 14.4 Å². The lowest BCUT2D eigenvalue weighted by molar-refractivity contribution is -0.142. The number of piperazine rings is 1. The average molecular weight is 356 g/mol. The fourth-order valence-corrected chi connectivity index (χ4v) is 2.97. The summed E-state index contributed by atoms with van der Waals surface area (Å²) in [5.74, 6) is -1.74. The Kier molecular flexibility index (Phi) is 8.35. The molecule has 0 spiro atoms. The molecule has 7 nitrogen and oxygen atoms in total. The highest BCUT2D eigenvalue weighted by molar-refractivity contribution is 5.91. The molecule has 0 radical (unpaired) electrons. The van der Waals surface area contributed by atoms with E-state index in [0.29, 0.717) is 26.1 Å². The van der Waals surface area contributed by atoms with Crippen LogP contribution in [0.4, 0.5) is 4.79 Å². The van der Waals surface area contributed by atoms with Crippen LogP contribution < -0.4 is 5.32 Å². The number of Topliss-reactive ketones (excluding diaryl/α,β-unsaturated/α-hetero) is 1. The number of aliphatic carboxylic acids is 1. The van der Waals surface area contributed by atoms with Crippen LogP contribution in [0.1, 0.15) is 59.8 Å². The minimum absolute atomic E-state index is 0.184. The van der Waals surface area contributed by atoms with Crippen LogP contribution in [-0.2, 0) is 14.3 Å². The van der Waals surface area contributed by atoms with Gasteiger partial charge in [-0.1, -0.05) is 26.2 Å². The Bertz CT molecular complexity index is 473. The Balaban J connectivity index is 2.86. The molecule has 1 heterocycles. The van der Waals surface area contributed by atoms with Crippen LogP contribution in [0.25, 0.3) is 0 Å². The maximum Gasteiger partial charge on any atom is 0.410 e. The van der Waals surface area contributed by atoms with Crippen LogP contribution >= 0.6 is 0 Å². The van der Waals surface area contributed by atoms with E-state index in [0.717, 1.165) is 19.3 Å². The molecular formula is C18H32N2O5. The van der Waals surface area contributed by atoms with Gasteiger partial charge in [0.25, 0.3) is 0 Å². The second kappa shape index (κ2) is 9.75. The predicted octanol–water partition coefficient (Wildman–Crippen LogP) is 2.44. The van der Waals surface area contributed by atoms with Crippen LogP contribution in [0.3, 0.4) is 0 Å². The third-order valence-electron chi connectivity index (χ3n) is 4.18. The lowest BCUT2D eigenvalue weighted by Crippen LogP contribution is -2.59. The summed E-state index contributed by atoms with van der Waals surface area (Å²) in [4.78, 5) is 38.0. The fourth-order valence-electron chi connectivity index (χ4n) is 2.97. The van der Waals surface area contributed by atoms with Gasteiger partial charge in [0.1, 0.15) is 11.6 Å². The molecule has 2 N–H and O–H groups in total. The maximum absolute atomic E-state index is 13.0. The van der Waals surface area contributed by atoms with Crippen molar-refractivity contribution in [2.75, 3.05) is 19.6 Å². The molecule has 25 heavy (non-hydrogen) atoms. The van der Waals surface area contributed by atoms with Crippen molar-refractivity contribution in [1.82, 2.24) is 10.2 Å². The zero-order valence-corrected chi connectivity index (χ0v) is 15.8. The highest BCUT2D eigenvalue weighted by atomic mass is 16.6. The highest BCUT2D eigenvalue weighted by Gasteiger charge is 2.38. The third kappa shape index (κ3) is 7.42. The summed E-state index contributed by atoms with van der Waals surface area (Å²) >= 11 is 0. The first-order valence-electron chi connectivity index (χ1n) is 9.11. The van der Waals surface area contributed by atoms with Gasteiger partial charge in [0, 0.05) is 25.6 Å². The van der Waals surface area contributed by atoms with Gasteiger partial charge in [-0.2, -0.15) is 0 Å². The van der Waals surface area contributed by atoms with Crippen molar-refractivity contribution in [1.29, 1.82) is 0 Å². The number of ketones is 1. The quantitative estimate of drug-likeness (QED) is 0.649. The molecule has 0 aromatic carbocycles. The molecule has 0 unspecified atom stereocenters. The number of rotatable bonds is 8. The molecule has 1 rings (SSSR count). The van der Waals surface area contributed by atoms with Gasteiger partial charge in [-0.05, 0) is 27.2 Å². The number of carboxylic acid groups (broad SMARTS) is 1. The molecule has 0 aliphatic carbocycles. The molecule has 2 atom stereocenters. The van der Waals surface area contributed by atoms with Crippen molar-refractivity contribution in [3.63, 3.8) is 0 Å². The van der Waals surface area contributed by atoms with Crippen LogP contribution in [0, 0.1) is 5.92 Å². The third-order valence-corrected chi connectivity index (χ3v) is 4.18. The number of carbonyl (C=O) groups excluding carboxylic acids is 2. The van der Waals surface area contributed by atoms with Crippen LogP contribution in [-0.4, -0.2) is 59.1 Å². The van der Waals surface area contributed by atoms with Crippen molar-refractivity contribution in [3.8, 4) is 0 Å². The summed E-state index contributed by atoms with van der Waals surface area (Å²) < 4.78 is 5.41. The SMILES string of the molecule is CCCCC[C@@H](CC(=O)O)C(=O)[C@@H]1CNCCN1C(=O)OC(C)(C)C. The Labute approximate surface area is 150 Å². The zero-order chi connectivity index (χ0) is 19.0. The van der Waals surface area contributed by atoms with E-state index in [1.165, 1.54) is 4.90 Å². The van der Waals surface area contributed by atoms with Gasteiger partial charge in [0.2, 0.25) is 0 Å². The molecule has 0 aromatic rings. The number of nitrogens with one attached hydrogen (secondary N) is 1. The number of carboxylic acids is 1. The van der Waals surface area contributed by atoms with E-state index in [4.69, 9.17) is 9.84 Å². The number of ether oxygens (including phenoxy) is 1. The summed E-state index contributed by atoms with van der Waals surface area (Å²) in [5.41, 5.74) is -0.642. The minimum atomic E-state index is -0.984. The molecule has 0 bridgehead atoms. The second-order valence-electron chi connectivity index (χ2n) is 7.59. The normalized spacial score (nSPS) is 19.4. The molecule has 1 fully saturated rings. The Morgan fingerprint density at radius 2 is 1.96 bits per heavy atom. The summed E-state index contributed by atoms with van der Waals surface area (Å²) in [6.45, 7) is 8.69. The maximum atomic E-state index is 13.0. The van der Waals surface area contributed by atoms with Gasteiger partial charge >= 0.3 is 12.1 Å². The molecule has 1 aliphatic heterocycles. The van der Waals surface area contributed by atoms with E-state index >= 15 is 0 Å². The summed E-state index contributed by atoms with van der Waals surface area (Å²) in [7, 11) is 0. The molecule has 1 saturated heterocycles. The molecule has 1 amide bonds. The highest BCUT2D eigenvalue weighted by Crippen LogP contribution is 2.21. The van der Waals surface area contributed by atoms with Gasteiger partial charge in [0.15, 0.2) is 5.78 Å². The van der Waals surface area contributed by atoms with Gasteiger partial charge < -0.3 is 15.2 Å². The fraction of sp³-hybridized carbons (Fsp3) is 0.833. The molecular weight excluding hydrogens is 324 g/mol. The van der Waals surface area contributed by atoms with Crippen molar-refractivity contribution >= 4 is 17.8 Å². The van der Waals surface area contributed by atoms with Gasteiger partial charge in [-0.3, -0.25) is 14.5 Å². The first-order valence-corrected chi connectivity index (χ1v) is 9.11.